The van der Waals surface area contributed by atoms with Gasteiger partial charge in [-0.3, -0.25) is 4.79 Å². The van der Waals surface area contributed by atoms with Crippen molar-refractivity contribution in [2.45, 2.75) is 46.0 Å². The van der Waals surface area contributed by atoms with Crippen LogP contribution in [0.15, 0.2) is 30.5 Å². The van der Waals surface area contributed by atoms with Crippen molar-refractivity contribution in [3.8, 4) is 0 Å². The van der Waals surface area contributed by atoms with Crippen molar-refractivity contribution in [1.82, 2.24) is 4.98 Å². The van der Waals surface area contributed by atoms with Crippen LogP contribution in [-0.2, 0) is 0 Å². The molecule has 0 unspecified atom stereocenters. The molecule has 0 saturated carbocycles. The minimum absolute atomic E-state index is 0.0478. The summed E-state index contributed by atoms with van der Waals surface area (Å²) in [5, 5.41) is 3.98. The second kappa shape index (κ2) is 8.69. The van der Waals surface area contributed by atoms with Crippen LogP contribution in [0.4, 0.5) is 5.13 Å². The van der Waals surface area contributed by atoms with Gasteiger partial charge < -0.3 is 5.32 Å². The third kappa shape index (κ3) is 4.67. The van der Waals surface area contributed by atoms with Crippen LogP contribution in [0.1, 0.15) is 59.8 Å². The van der Waals surface area contributed by atoms with Crippen molar-refractivity contribution in [2.24, 2.45) is 0 Å². The Kier molecular flexibility index (Phi) is 6.59. The molecule has 1 radical (unpaired) electrons. The molecule has 4 heteroatoms. The van der Waals surface area contributed by atoms with Crippen LogP contribution in [-0.4, -0.2) is 10.8 Å². The molecule has 1 aromatic carbocycles. The van der Waals surface area contributed by atoms with Gasteiger partial charge in [0, 0.05) is 12.1 Å². The van der Waals surface area contributed by atoms with E-state index >= 15 is 0 Å². The SMILES string of the molecule is CCCCCC[CH]Nc1ncc(C(=O)c2ccccc2C)s1. The number of hydrogen-bond donors (Lipinski definition) is 1. The van der Waals surface area contributed by atoms with Crippen molar-refractivity contribution in [3.63, 3.8) is 0 Å². The Bertz CT molecular complexity index is 607. The zero-order valence-corrected chi connectivity index (χ0v) is 14.1. The zero-order chi connectivity index (χ0) is 15.8. The maximum atomic E-state index is 12.5. The number of benzene rings is 1. The smallest absolute Gasteiger partial charge is 0.204 e. The lowest BCUT2D eigenvalue weighted by atomic mass is 10.0. The van der Waals surface area contributed by atoms with Gasteiger partial charge >= 0.3 is 0 Å². The average Bonchev–Trinajstić information content (AvgIpc) is 2.99. The van der Waals surface area contributed by atoms with E-state index in [1.54, 1.807) is 6.20 Å². The number of unbranched alkanes of at least 4 members (excludes halogenated alkanes) is 4. The van der Waals surface area contributed by atoms with Gasteiger partial charge in [-0.05, 0) is 18.9 Å². The van der Waals surface area contributed by atoms with Gasteiger partial charge in [-0.2, -0.15) is 0 Å². The van der Waals surface area contributed by atoms with Gasteiger partial charge in [-0.25, -0.2) is 4.98 Å². The normalized spacial score (nSPS) is 10.6. The Morgan fingerprint density at radius 1 is 1.27 bits per heavy atom. The molecule has 0 bridgehead atoms. The number of anilines is 1. The Labute approximate surface area is 136 Å². The van der Waals surface area contributed by atoms with Crippen molar-refractivity contribution < 1.29 is 4.79 Å². The van der Waals surface area contributed by atoms with Crippen LogP contribution in [0, 0.1) is 13.5 Å². The highest BCUT2D eigenvalue weighted by molar-refractivity contribution is 7.17. The number of aryl methyl sites for hydroxylation is 1. The molecular weight excluding hydrogens is 292 g/mol. The maximum absolute atomic E-state index is 12.5. The Hall–Kier alpha value is -1.68. The topological polar surface area (TPSA) is 42.0 Å². The fourth-order valence-corrected chi connectivity index (χ4v) is 3.00. The van der Waals surface area contributed by atoms with Crippen LogP contribution in [0.25, 0.3) is 0 Å². The number of nitrogens with one attached hydrogen (secondary N) is 1. The summed E-state index contributed by atoms with van der Waals surface area (Å²) in [4.78, 5) is 17.4. The first-order chi connectivity index (χ1) is 10.7. The first-order valence-electron chi connectivity index (χ1n) is 7.86. The van der Waals surface area contributed by atoms with Gasteiger partial charge in [0.25, 0.3) is 0 Å². The number of aromatic nitrogens is 1. The first-order valence-corrected chi connectivity index (χ1v) is 8.68. The molecule has 0 atom stereocenters. The third-order valence-electron chi connectivity index (χ3n) is 3.55. The second-order valence-electron chi connectivity index (χ2n) is 5.37. The summed E-state index contributed by atoms with van der Waals surface area (Å²) in [6.07, 6.45) is 7.70. The van der Waals surface area contributed by atoms with Crippen molar-refractivity contribution in [2.75, 3.05) is 5.32 Å². The molecule has 2 aromatic rings. The summed E-state index contributed by atoms with van der Waals surface area (Å²) in [5.41, 5.74) is 1.75. The molecular formula is C18H23N2OS. The molecule has 3 nitrogen and oxygen atoms in total. The minimum Gasteiger partial charge on any atom is -0.357 e. The number of carbonyl (C=O) groups excluding carboxylic acids is 1. The summed E-state index contributed by atoms with van der Waals surface area (Å²) in [5.74, 6) is 0.0478. The van der Waals surface area contributed by atoms with E-state index in [0.717, 1.165) is 22.7 Å². The lowest BCUT2D eigenvalue weighted by Crippen LogP contribution is -2.00. The van der Waals surface area contributed by atoms with E-state index in [2.05, 4.69) is 17.2 Å². The quantitative estimate of drug-likeness (QED) is 0.509. The molecule has 0 saturated heterocycles. The molecule has 2 rings (SSSR count). The zero-order valence-electron chi connectivity index (χ0n) is 13.3. The van der Waals surface area contributed by atoms with Gasteiger partial charge in [-0.1, -0.05) is 68.2 Å². The summed E-state index contributed by atoms with van der Waals surface area (Å²) in [7, 11) is 0. The minimum atomic E-state index is 0.0478. The molecule has 0 aliphatic rings. The summed E-state index contributed by atoms with van der Waals surface area (Å²) in [6.45, 7) is 6.21. The van der Waals surface area contributed by atoms with E-state index in [1.165, 1.54) is 37.0 Å². The highest BCUT2D eigenvalue weighted by atomic mass is 32.1. The molecule has 22 heavy (non-hydrogen) atoms. The van der Waals surface area contributed by atoms with E-state index in [9.17, 15) is 4.79 Å². The molecule has 0 aliphatic carbocycles. The third-order valence-corrected chi connectivity index (χ3v) is 4.47. The molecule has 117 valence electrons. The molecule has 1 N–H and O–H groups in total. The van der Waals surface area contributed by atoms with Crippen LogP contribution < -0.4 is 5.32 Å². The van der Waals surface area contributed by atoms with E-state index < -0.39 is 0 Å². The Morgan fingerprint density at radius 3 is 2.86 bits per heavy atom. The predicted octanol–water partition coefficient (Wildman–Crippen LogP) is 5.23. The van der Waals surface area contributed by atoms with Gasteiger partial charge in [-0.15, -0.1) is 0 Å². The summed E-state index contributed by atoms with van der Waals surface area (Å²) < 4.78 is 0. The number of rotatable bonds is 9. The Balaban J connectivity index is 1.86. The van der Waals surface area contributed by atoms with Gasteiger partial charge in [0.1, 0.15) is 0 Å². The maximum Gasteiger partial charge on any atom is 0.204 e. The van der Waals surface area contributed by atoms with E-state index in [0.29, 0.717) is 4.88 Å². The fourth-order valence-electron chi connectivity index (χ4n) is 2.24. The number of hydrogen-bond acceptors (Lipinski definition) is 4. The highest BCUT2D eigenvalue weighted by Crippen LogP contribution is 2.23. The van der Waals surface area contributed by atoms with Crippen LogP contribution in [0.3, 0.4) is 0 Å². The largest absolute Gasteiger partial charge is 0.357 e. The predicted molar refractivity (Wildman–Crippen MR) is 93.4 cm³/mol. The number of thiazole rings is 1. The van der Waals surface area contributed by atoms with Crippen LogP contribution in [0.2, 0.25) is 0 Å². The fraction of sp³-hybridized carbons (Fsp3) is 0.389. The van der Waals surface area contributed by atoms with Gasteiger partial charge in [0.2, 0.25) is 5.78 Å². The first kappa shape index (κ1) is 16.7. The highest BCUT2D eigenvalue weighted by Gasteiger charge is 2.14. The lowest BCUT2D eigenvalue weighted by Gasteiger charge is -2.02. The molecule has 0 amide bonds. The van der Waals surface area contributed by atoms with Crippen LogP contribution >= 0.6 is 11.3 Å². The number of ketones is 1. The summed E-state index contributed by atoms with van der Waals surface area (Å²) >= 11 is 1.41. The van der Waals surface area contributed by atoms with Crippen molar-refractivity contribution >= 4 is 22.3 Å². The van der Waals surface area contributed by atoms with Gasteiger partial charge in [0.05, 0.1) is 11.1 Å². The standard InChI is InChI=1S/C18H23N2OS/c1-3-4-5-6-9-12-19-18-20-13-16(22-18)17(21)15-11-8-7-10-14(15)2/h7-8,10-13H,3-6,9H2,1-2H3,(H,19,20). The molecule has 0 spiro atoms. The van der Waals surface area contributed by atoms with Crippen LogP contribution in [0.5, 0.6) is 0 Å². The molecule has 1 heterocycles. The van der Waals surface area contributed by atoms with Crippen molar-refractivity contribution in [1.29, 1.82) is 0 Å². The molecule has 1 aromatic heterocycles. The van der Waals surface area contributed by atoms with Gasteiger partial charge in [0.15, 0.2) is 5.13 Å². The summed E-state index contributed by atoms with van der Waals surface area (Å²) in [6, 6.07) is 7.66. The monoisotopic (exact) mass is 315 g/mol. The average molecular weight is 315 g/mol. The number of nitrogens with zero attached hydrogens (tertiary/aromatic N) is 1. The second-order valence-corrected chi connectivity index (χ2v) is 6.40. The molecule has 0 aliphatic heterocycles. The Morgan fingerprint density at radius 2 is 2.09 bits per heavy atom. The van der Waals surface area contributed by atoms with E-state index in [1.807, 2.05) is 37.7 Å². The van der Waals surface area contributed by atoms with Crippen molar-refractivity contribution in [3.05, 3.63) is 53.0 Å². The van der Waals surface area contributed by atoms with E-state index in [-0.39, 0.29) is 5.78 Å². The molecule has 0 fully saturated rings. The van der Waals surface area contributed by atoms with E-state index in [4.69, 9.17) is 0 Å². The number of carbonyl (C=O) groups is 1. The lowest BCUT2D eigenvalue weighted by molar-refractivity contribution is 0.104.